The molecular weight excluding hydrogens is 425 g/mol. The van der Waals surface area contributed by atoms with Crippen LogP contribution in [0.2, 0.25) is 0 Å². The highest BCUT2D eigenvalue weighted by molar-refractivity contribution is 6.35. The van der Waals surface area contributed by atoms with E-state index in [1.165, 1.54) is 12.1 Å². The van der Waals surface area contributed by atoms with Gasteiger partial charge in [-0.3, -0.25) is 19.5 Å². The van der Waals surface area contributed by atoms with Gasteiger partial charge in [0.2, 0.25) is 0 Å². The molecule has 0 bridgehead atoms. The molecule has 3 heterocycles. The van der Waals surface area contributed by atoms with Gasteiger partial charge in [-0.05, 0) is 48.0 Å². The van der Waals surface area contributed by atoms with Gasteiger partial charge in [-0.15, -0.1) is 0 Å². The lowest BCUT2D eigenvalue weighted by atomic mass is 10.1. The number of hydrogen-bond acceptors (Lipinski definition) is 6. The number of furan rings is 1. The van der Waals surface area contributed by atoms with Crippen LogP contribution in [0.15, 0.2) is 71.6 Å². The number of benzene rings is 1. The van der Waals surface area contributed by atoms with Crippen molar-refractivity contribution in [3.8, 4) is 0 Å². The van der Waals surface area contributed by atoms with E-state index in [2.05, 4.69) is 25.4 Å². The number of carbonyl (C=O) groups excluding carboxylic acids is 2. The van der Waals surface area contributed by atoms with Gasteiger partial charge in [-0.2, -0.15) is 0 Å². The number of anilines is 1. The number of nitrogens with zero attached hydrogens (tertiary/aromatic N) is 3. The van der Waals surface area contributed by atoms with Crippen LogP contribution >= 0.6 is 0 Å². The zero-order valence-corrected chi connectivity index (χ0v) is 18.1. The van der Waals surface area contributed by atoms with Gasteiger partial charge in [0.15, 0.2) is 0 Å². The number of hydrogen-bond donors (Lipinski definition) is 2. The number of piperazine rings is 1. The van der Waals surface area contributed by atoms with Gasteiger partial charge in [-0.25, -0.2) is 4.39 Å². The van der Waals surface area contributed by atoms with E-state index < -0.39 is 11.8 Å². The quantitative estimate of drug-likeness (QED) is 0.535. The lowest BCUT2D eigenvalue weighted by Crippen LogP contribution is -2.50. The molecule has 1 aliphatic heterocycles. The molecule has 4 rings (SSSR count). The van der Waals surface area contributed by atoms with E-state index in [0.29, 0.717) is 0 Å². The fourth-order valence-corrected chi connectivity index (χ4v) is 3.87. The number of nitrogens with one attached hydrogen (secondary N) is 2. The van der Waals surface area contributed by atoms with Crippen LogP contribution in [0.3, 0.4) is 0 Å². The third-order valence-corrected chi connectivity index (χ3v) is 5.66. The summed E-state index contributed by atoms with van der Waals surface area (Å²) < 4.78 is 18.8. The van der Waals surface area contributed by atoms with Crippen molar-refractivity contribution in [3.63, 3.8) is 0 Å². The molecular formula is C24H26FN5O3. The third-order valence-electron chi connectivity index (χ3n) is 5.66. The van der Waals surface area contributed by atoms with Crippen LogP contribution in [0.5, 0.6) is 0 Å². The Hall–Kier alpha value is -3.72. The molecule has 2 N–H and O–H groups in total. The highest BCUT2D eigenvalue weighted by Crippen LogP contribution is 2.24. The van der Waals surface area contributed by atoms with Gasteiger partial charge in [-0.1, -0.05) is 6.07 Å². The first-order chi connectivity index (χ1) is 16.1. The van der Waals surface area contributed by atoms with Crippen molar-refractivity contribution in [1.29, 1.82) is 0 Å². The Morgan fingerprint density at radius 1 is 1.00 bits per heavy atom. The maximum atomic E-state index is 13.2. The van der Waals surface area contributed by atoms with Crippen LogP contribution in [0.1, 0.15) is 17.4 Å². The van der Waals surface area contributed by atoms with Gasteiger partial charge in [0.25, 0.3) is 0 Å². The normalized spacial score (nSPS) is 15.1. The van der Waals surface area contributed by atoms with E-state index in [9.17, 15) is 14.0 Å². The molecule has 8 nitrogen and oxygen atoms in total. The fourth-order valence-electron chi connectivity index (χ4n) is 3.87. The Balaban J connectivity index is 1.32. The minimum Gasteiger partial charge on any atom is -0.468 e. The number of pyridine rings is 1. The monoisotopic (exact) mass is 451 g/mol. The second kappa shape index (κ2) is 10.7. The summed E-state index contributed by atoms with van der Waals surface area (Å²) in [5.41, 5.74) is 1.79. The Morgan fingerprint density at radius 2 is 1.76 bits per heavy atom. The second-order valence-corrected chi connectivity index (χ2v) is 7.78. The van der Waals surface area contributed by atoms with Crippen LogP contribution in [0.25, 0.3) is 0 Å². The largest absolute Gasteiger partial charge is 0.468 e. The molecule has 2 aromatic heterocycles. The molecule has 1 aliphatic rings. The average molecular weight is 452 g/mol. The summed E-state index contributed by atoms with van der Waals surface area (Å²) in [6.07, 6.45) is 4.88. The van der Waals surface area contributed by atoms with Gasteiger partial charge >= 0.3 is 11.8 Å². The molecule has 0 unspecified atom stereocenters. The molecule has 1 fully saturated rings. The first kappa shape index (κ1) is 22.5. The topological polar surface area (TPSA) is 90.7 Å². The molecule has 1 atom stereocenters. The van der Waals surface area contributed by atoms with E-state index in [-0.39, 0.29) is 24.9 Å². The summed E-state index contributed by atoms with van der Waals surface area (Å²) in [6.45, 7) is 3.43. The fraction of sp³-hybridized carbons (Fsp3) is 0.292. The van der Waals surface area contributed by atoms with Gasteiger partial charge in [0, 0.05) is 57.3 Å². The summed E-state index contributed by atoms with van der Waals surface area (Å²) in [5.74, 6) is -0.921. The van der Waals surface area contributed by atoms with Crippen molar-refractivity contribution in [1.82, 2.24) is 20.5 Å². The highest BCUT2D eigenvalue weighted by Gasteiger charge is 2.28. The maximum absolute atomic E-state index is 13.2. The van der Waals surface area contributed by atoms with E-state index in [0.717, 1.165) is 43.2 Å². The summed E-state index contributed by atoms with van der Waals surface area (Å²) in [4.78, 5) is 33.0. The number of rotatable bonds is 7. The van der Waals surface area contributed by atoms with Crippen molar-refractivity contribution in [2.75, 3.05) is 37.6 Å². The van der Waals surface area contributed by atoms with Gasteiger partial charge in [0.1, 0.15) is 11.6 Å². The zero-order valence-electron chi connectivity index (χ0n) is 18.1. The molecule has 1 saturated heterocycles. The highest BCUT2D eigenvalue weighted by atomic mass is 19.1. The predicted octanol–water partition coefficient (Wildman–Crippen LogP) is 2.11. The Morgan fingerprint density at radius 3 is 2.42 bits per heavy atom. The molecule has 9 heteroatoms. The zero-order chi connectivity index (χ0) is 23.0. The minimum absolute atomic E-state index is 0.203. The summed E-state index contributed by atoms with van der Waals surface area (Å²) in [7, 11) is 0. The second-order valence-electron chi connectivity index (χ2n) is 7.78. The molecule has 0 spiro atoms. The van der Waals surface area contributed by atoms with Crippen molar-refractivity contribution >= 4 is 17.5 Å². The van der Waals surface area contributed by atoms with Crippen molar-refractivity contribution in [2.24, 2.45) is 0 Å². The Labute approximate surface area is 191 Å². The molecule has 0 aliphatic carbocycles. The summed E-state index contributed by atoms with van der Waals surface area (Å²) >= 11 is 0. The van der Waals surface area contributed by atoms with Crippen molar-refractivity contribution in [3.05, 3.63) is 84.3 Å². The molecule has 33 heavy (non-hydrogen) atoms. The van der Waals surface area contributed by atoms with Crippen LogP contribution in [-0.4, -0.2) is 54.4 Å². The van der Waals surface area contributed by atoms with Crippen molar-refractivity contribution in [2.45, 2.75) is 12.6 Å². The Kier molecular flexibility index (Phi) is 7.31. The lowest BCUT2D eigenvalue weighted by molar-refractivity contribution is -0.139. The number of aromatic nitrogens is 1. The molecule has 0 saturated carbocycles. The average Bonchev–Trinajstić information content (AvgIpc) is 3.39. The minimum atomic E-state index is -0.696. The van der Waals surface area contributed by atoms with Crippen LogP contribution < -0.4 is 15.5 Å². The van der Waals surface area contributed by atoms with E-state index >= 15 is 0 Å². The van der Waals surface area contributed by atoms with Gasteiger partial charge in [0.05, 0.1) is 12.3 Å². The van der Waals surface area contributed by atoms with Crippen LogP contribution in [0, 0.1) is 5.82 Å². The van der Waals surface area contributed by atoms with Crippen molar-refractivity contribution < 1.29 is 18.4 Å². The van der Waals surface area contributed by atoms with E-state index in [4.69, 9.17) is 4.42 Å². The number of amides is 2. The van der Waals surface area contributed by atoms with Crippen LogP contribution in [-0.2, 0) is 16.1 Å². The first-order valence-corrected chi connectivity index (χ1v) is 10.8. The first-order valence-electron chi connectivity index (χ1n) is 10.8. The molecule has 2 amide bonds. The smallest absolute Gasteiger partial charge is 0.309 e. The number of carbonyl (C=O) groups is 2. The maximum Gasteiger partial charge on any atom is 0.309 e. The standard InChI is InChI=1S/C24H26FN5O3/c25-19-5-7-20(8-6-19)29-10-12-30(13-11-29)21(22-4-2-14-33-22)17-28-24(32)23(31)27-16-18-3-1-9-26-15-18/h1-9,14-15,21H,10-13,16-17H2,(H,27,31)(H,28,32)/t21-/m1/s1. The summed E-state index contributed by atoms with van der Waals surface area (Å²) in [5, 5.41) is 5.33. The van der Waals surface area contributed by atoms with E-state index in [1.54, 1.807) is 42.9 Å². The third kappa shape index (κ3) is 5.95. The van der Waals surface area contributed by atoms with Gasteiger partial charge < -0.3 is 20.0 Å². The molecule has 0 radical (unpaired) electrons. The lowest BCUT2D eigenvalue weighted by Gasteiger charge is -2.39. The molecule has 172 valence electrons. The molecule has 3 aromatic rings. The summed E-state index contributed by atoms with van der Waals surface area (Å²) in [6, 6.07) is 13.5. The molecule has 1 aromatic carbocycles. The number of halogens is 1. The Bertz CT molecular complexity index is 1040. The van der Waals surface area contributed by atoms with Crippen LogP contribution in [0.4, 0.5) is 10.1 Å². The predicted molar refractivity (Wildman–Crippen MR) is 121 cm³/mol. The SMILES string of the molecule is O=C(NCc1cccnc1)C(=O)NC[C@H](c1ccco1)N1CCN(c2ccc(F)cc2)CC1. The van der Waals surface area contributed by atoms with E-state index in [1.807, 2.05) is 12.1 Å².